The normalized spacial score (nSPS) is 17.5. The lowest BCUT2D eigenvalue weighted by molar-refractivity contribution is -0.119. The fourth-order valence-electron chi connectivity index (χ4n) is 3.33. The third kappa shape index (κ3) is 3.89. The molecule has 1 aliphatic heterocycles. The molecule has 1 N–H and O–H groups in total. The molecule has 1 saturated heterocycles. The summed E-state index contributed by atoms with van der Waals surface area (Å²) in [5.41, 5.74) is 0.766. The van der Waals surface area contributed by atoms with Gasteiger partial charge in [0.2, 0.25) is 15.9 Å². The van der Waals surface area contributed by atoms with Crippen LogP contribution in [0.3, 0.4) is 0 Å². The number of ether oxygens (including phenoxy) is 1. The molecule has 0 saturated carbocycles. The van der Waals surface area contributed by atoms with Crippen molar-refractivity contribution in [1.82, 2.24) is 9.29 Å². The van der Waals surface area contributed by atoms with E-state index in [2.05, 4.69) is 26.2 Å². The molecule has 152 valence electrons. The number of aromatic nitrogens is 1. The van der Waals surface area contributed by atoms with Crippen LogP contribution < -0.4 is 10.1 Å². The Hall–Kier alpha value is -2.01. The number of methoxy groups -OCH3 is 1. The minimum Gasteiger partial charge on any atom is -0.497 e. The van der Waals surface area contributed by atoms with Crippen molar-refractivity contribution in [3.8, 4) is 5.75 Å². The molecular weight excluding hydrogens is 478 g/mol. The van der Waals surface area contributed by atoms with Crippen molar-refractivity contribution < 1.29 is 17.9 Å². The van der Waals surface area contributed by atoms with E-state index in [1.165, 1.54) is 34.9 Å². The van der Waals surface area contributed by atoms with Crippen LogP contribution in [-0.4, -0.2) is 43.3 Å². The average molecular weight is 496 g/mol. The van der Waals surface area contributed by atoms with Gasteiger partial charge in [0.1, 0.15) is 11.8 Å². The molecule has 2 aromatic carbocycles. The molecule has 10 heteroatoms. The van der Waals surface area contributed by atoms with Crippen molar-refractivity contribution in [1.29, 1.82) is 0 Å². The lowest BCUT2D eigenvalue weighted by Crippen LogP contribution is -2.43. The molecule has 1 fully saturated rings. The maximum atomic E-state index is 13.1. The van der Waals surface area contributed by atoms with Crippen LogP contribution in [0.4, 0.5) is 5.13 Å². The van der Waals surface area contributed by atoms with Crippen LogP contribution >= 0.6 is 27.3 Å². The smallest absolute Gasteiger partial charge is 0.244 e. The van der Waals surface area contributed by atoms with E-state index in [1.54, 1.807) is 12.1 Å². The molecular formula is C19H18BrN3O4S2. The van der Waals surface area contributed by atoms with Crippen molar-refractivity contribution in [2.45, 2.75) is 23.8 Å². The van der Waals surface area contributed by atoms with Crippen molar-refractivity contribution in [3.63, 3.8) is 0 Å². The number of halogens is 1. The number of hydrogen-bond donors (Lipinski definition) is 1. The Kier molecular flexibility index (Phi) is 5.60. The number of benzene rings is 2. The minimum atomic E-state index is -3.79. The van der Waals surface area contributed by atoms with Crippen LogP contribution in [0.15, 0.2) is 51.8 Å². The van der Waals surface area contributed by atoms with E-state index in [9.17, 15) is 13.2 Å². The predicted molar refractivity (Wildman–Crippen MR) is 116 cm³/mol. The monoisotopic (exact) mass is 495 g/mol. The van der Waals surface area contributed by atoms with E-state index in [0.717, 1.165) is 14.7 Å². The maximum Gasteiger partial charge on any atom is 0.244 e. The van der Waals surface area contributed by atoms with E-state index < -0.39 is 16.1 Å². The van der Waals surface area contributed by atoms with Crippen molar-refractivity contribution in [2.75, 3.05) is 19.0 Å². The molecule has 0 spiro atoms. The molecule has 4 rings (SSSR count). The number of carbonyl (C=O) groups is 1. The van der Waals surface area contributed by atoms with Crippen molar-refractivity contribution in [3.05, 3.63) is 46.9 Å². The van der Waals surface area contributed by atoms with Crippen LogP contribution in [0.5, 0.6) is 5.75 Å². The summed E-state index contributed by atoms with van der Waals surface area (Å²) in [4.78, 5) is 17.5. The van der Waals surface area contributed by atoms with Gasteiger partial charge in [-0.3, -0.25) is 4.79 Å². The van der Waals surface area contributed by atoms with Gasteiger partial charge in [0.05, 0.1) is 22.2 Å². The number of nitrogens with one attached hydrogen (secondary N) is 1. The average Bonchev–Trinajstić information content (AvgIpc) is 3.36. The van der Waals surface area contributed by atoms with E-state index in [4.69, 9.17) is 4.74 Å². The lowest BCUT2D eigenvalue weighted by Gasteiger charge is -2.23. The molecule has 1 amide bonds. The summed E-state index contributed by atoms with van der Waals surface area (Å²) in [5.74, 6) is 0.205. The number of anilines is 1. The first-order valence-corrected chi connectivity index (χ1v) is 12.0. The first kappa shape index (κ1) is 20.3. The molecule has 1 aromatic heterocycles. The maximum absolute atomic E-state index is 13.1. The minimum absolute atomic E-state index is 0.141. The van der Waals surface area contributed by atoms with Gasteiger partial charge < -0.3 is 10.1 Å². The molecule has 0 bridgehead atoms. The molecule has 1 aliphatic rings. The van der Waals surface area contributed by atoms with Gasteiger partial charge in [-0.05, 0) is 65.2 Å². The Morgan fingerprint density at radius 2 is 2.03 bits per heavy atom. The highest BCUT2D eigenvalue weighted by Gasteiger charge is 2.39. The second kappa shape index (κ2) is 8.02. The van der Waals surface area contributed by atoms with Gasteiger partial charge in [0.25, 0.3) is 0 Å². The first-order chi connectivity index (χ1) is 13.9. The van der Waals surface area contributed by atoms with Crippen molar-refractivity contribution in [2.24, 2.45) is 0 Å². The van der Waals surface area contributed by atoms with Crippen molar-refractivity contribution >= 4 is 58.5 Å². The largest absolute Gasteiger partial charge is 0.497 e. The SMILES string of the molecule is COc1ccc(S(=O)(=O)N2CCCC2C(=O)Nc2nc3c(Br)cccc3s2)cc1. The summed E-state index contributed by atoms with van der Waals surface area (Å²) in [6, 6.07) is 11.1. The summed E-state index contributed by atoms with van der Waals surface area (Å²) >= 11 is 4.80. The predicted octanol–water partition coefficient (Wildman–Crippen LogP) is 3.86. The summed E-state index contributed by atoms with van der Waals surface area (Å²) < 4.78 is 34.3. The fraction of sp³-hybridized carbons (Fsp3) is 0.263. The number of nitrogens with zero attached hydrogens (tertiary/aromatic N) is 2. The zero-order chi connectivity index (χ0) is 20.6. The highest BCUT2D eigenvalue weighted by Crippen LogP contribution is 2.32. The standard InChI is InChI=1S/C19H18BrN3O4S2/c1-27-12-7-9-13(10-8-12)29(25,26)23-11-3-5-15(23)18(24)22-19-21-17-14(20)4-2-6-16(17)28-19/h2,4,6-10,15H,3,5,11H2,1H3,(H,21,22,24). The third-order valence-corrected chi connectivity index (χ3v) is 8.27. The summed E-state index contributed by atoms with van der Waals surface area (Å²) in [5, 5.41) is 3.24. The van der Waals surface area contributed by atoms with Gasteiger partial charge in [0, 0.05) is 11.0 Å². The van der Waals surface area contributed by atoms with Gasteiger partial charge in [0.15, 0.2) is 5.13 Å². The van der Waals surface area contributed by atoms with E-state index in [1.807, 2.05) is 18.2 Å². The van der Waals surface area contributed by atoms with Gasteiger partial charge in [-0.1, -0.05) is 17.4 Å². The van der Waals surface area contributed by atoms with Gasteiger partial charge in [-0.15, -0.1) is 0 Å². The van der Waals surface area contributed by atoms with Crippen LogP contribution in [0, 0.1) is 0 Å². The van der Waals surface area contributed by atoms with Gasteiger partial charge in [-0.2, -0.15) is 4.31 Å². The fourth-order valence-corrected chi connectivity index (χ4v) is 6.47. The number of rotatable bonds is 5. The number of para-hydroxylation sites is 1. The second-order valence-electron chi connectivity index (χ2n) is 6.54. The number of hydrogen-bond acceptors (Lipinski definition) is 6. The number of sulfonamides is 1. The Morgan fingerprint density at radius 1 is 1.28 bits per heavy atom. The van der Waals surface area contributed by atoms with Crippen LogP contribution in [0.25, 0.3) is 10.2 Å². The molecule has 7 nitrogen and oxygen atoms in total. The molecule has 2 heterocycles. The van der Waals surface area contributed by atoms with Crippen LogP contribution in [0.1, 0.15) is 12.8 Å². The first-order valence-electron chi connectivity index (χ1n) is 8.92. The Balaban J connectivity index is 1.56. The zero-order valence-electron chi connectivity index (χ0n) is 15.5. The van der Waals surface area contributed by atoms with E-state index in [-0.39, 0.29) is 10.8 Å². The zero-order valence-corrected chi connectivity index (χ0v) is 18.7. The topological polar surface area (TPSA) is 88.6 Å². The Bertz CT molecular complexity index is 1160. The van der Waals surface area contributed by atoms with Gasteiger partial charge >= 0.3 is 0 Å². The number of carbonyl (C=O) groups excluding carboxylic acids is 1. The van der Waals surface area contributed by atoms with E-state index in [0.29, 0.717) is 30.3 Å². The van der Waals surface area contributed by atoms with E-state index >= 15 is 0 Å². The highest BCUT2D eigenvalue weighted by molar-refractivity contribution is 9.10. The lowest BCUT2D eigenvalue weighted by atomic mass is 10.2. The molecule has 3 aromatic rings. The summed E-state index contributed by atoms with van der Waals surface area (Å²) in [6.07, 6.45) is 1.09. The molecule has 0 aliphatic carbocycles. The molecule has 1 atom stereocenters. The summed E-state index contributed by atoms with van der Waals surface area (Å²) in [7, 11) is -2.27. The Labute approximate surface area is 180 Å². The molecule has 1 unspecified atom stereocenters. The summed E-state index contributed by atoms with van der Waals surface area (Å²) in [6.45, 7) is 0.303. The highest BCUT2D eigenvalue weighted by atomic mass is 79.9. The Morgan fingerprint density at radius 3 is 2.72 bits per heavy atom. The number of amides is 1. The molecule has 29 heavy (non-hydrogen) atoms. The number of fused-ring (bicyclic) bond motifs is 1. The quantitative estimate of drug-likeness (QED) is 0.580. The van der Waals surface area contributed by atoms with Gasteiger partial charge in [-0.25, -0.2) is 13.4 Å². The van der Waals surface area contributed by atoms with Crippen LogP contribution in [-0.2, 0) is 14.8 Å². The third-order valence-electron chi connectivity index (χ3n) is 4.77. The van der Waals surface area contributed by atoms with Crippen LogP contribution in [0.2, 0.25) is 0 Å². The second-order valence-corrected chi connectivity index (χ2v) is 10.3. The number of thiazole rings is 1. The molecule has 0 radical (unpaired) electrons.